The van der Waals surface area contributed by atoms with E-state index in [1.54, 1.807) is 23.6 Å². The van der Waals surface area contributed by atoms with E-state index in [2.05, 4.69) is 10.3 Å². The summed E-state index contributed by atoms with van der Waals surface area (Å²) >= 11 is 1.36. The molecule has 3 N–H and O–H groups in total. The number of aromatic nitrogens is 1. The van der Waals surface area contributed by atoms with Gasteiger partial charge in [-0.2, -0.15) is 0 Å². The van der Waals surface area contributed by atoms with E-state index in [0.717, 1.165) is 12.8 Å². The van der Waals surface area contributed by atoms with Gasteiger partial charge < -0.3 is 11.1 Å². The van der Waals surface area contributed by atoms with E-state index >= 15 is 0 Å². The molecule has 0 unspecified atom stereocenters. The van der Waals surface area contributed by atoms with E-state index in [-0.39, 0.29) is 17.3 Å². The average Bonchev–Trinajstić information content (AvgIpc) is 3.03. The van der Waals surface area contributed by atoms with Gasteiger partial charge in [-0.1, -0.05) is 32.0 Å². The normalized spacial score (nSPS) is 11.5. The molecule has 1 heterocycles. The van der Waals surface area contributed by atoms with Crippen molar-refractivity contribution in [3.8, 4) is 0 Å². The highest BCUT2D eigenvalue weighted by atomic mass is 32.1. The van der Waals surface area contributed by atoms with Gasteiger partial charge in [0.15, 0.2) is 0 Å². The molecule has 1 amide bonds. The van der Waals surface area contributed by atoms with Gasteiger partial charge in [0.1, 0.15) is 11.5 Å². The molecule has 0 atom stereocenters. The van der Waals surface area contributed by atoms with Crippen LogP contribution in [0.5, 0.6) is 0 Å². The van der Waals surface area contributed by atoms with Gasteiger partial charge in [-0.15, -0.1) is 11.3 Å². The zero-order valence-corrected chi connectivity index (χ0v) is 14.3. The summed E-state index contributed by atoms with van der Waals surface area (Å²) < 4.78 is 13.7. The fraction of sp³-hybridized carbons (Fsp3) is 0.412. The van der Waals surface area contributed by atoms with E-state index in [4.69, 9.17) is 5.73 Å². The summed E-state index contributed by atoms with van der Waals surface area (Å²) in [5.41, 5.74) is 6.72. The molecular formula is C17H22FN3OS. The lowest BCUT2D eigenvalue weighted by atomic mass is 9.94. The van der Waals surface area contributed by atoms with Crippen LogP contribution in [0.25, 0.3) is 0 Å². The van der Waals surface area contributed by atoms with E-state index in [1.165, 1.54) is 17.4 Å². The van der Waals surface area contributed by atoms with Gasteiger partial charge in [-0.25, -0.2) is 9.37 Å². The van der Waals surface area contributed by atoms with Crippen molar-refractivity contribution in [3.63, 3.8) is 0 Å². The Balaban J connectivity index is 1.99. The molecule has 0 aliphatic heterocycles. The van der Waals surface area contributed by atoms with Crippen molar-refractivity contribution < 1.29 is 9.18 Å². The number of nitrogens with one attached hydrogen (secondary N) is 1. The summed E-state index contributed by atoms with van der Waals surface area (Å²) in [5.74, 6) is -0.495. The van der Waals surface area contributed by atoms with Gasteiger partial charge in [0.05, 0.1) is 5.01 Å². The van der Waals surface area contributed by atoms with Gasteiger partial charge in [0, 0.05) is 23.9 Å². The Labute approximate surface area is 139 Å². The molecule has 0 saturated heterocycles. The Morgan fingerprint density at radius 2 is 2.04 bits per heavy atom. The van der Waals surface area contributed by atoms with Crippen LogP contribution >= 0.6 is 11.3 Å². The van der Waals surface area contributed by atoms with Crippen molar-refractivity contribution in [2.75, 3.05) is 6.54 Å². The summed E-state index contributed by atoms with van der Waals surface area (Å²) in [5, 5.41) is 5.25. The number of amides is 1. The lowest BCUT2D eigenvalue weighted by Gasteiger charge is -2.26. The molecule has 0 aliphatic carbocycles. The molecule has 2 aromatic rings. The first-order valence-electron chi connectivity index (χ1n) is 7.72. The number of benzene rings is 1. The molecule has 0 radical (unpaired) electrons. The third-order valence-corrected chi connectivity index (χ3v) is 4.94. The van der Waals surface area contributed by atoms with Crippen molar-refractivity contribution in [2.45, 2.75) is 38.6 Å². The topological polar surface area (TPSA) is 68.0 Å². The fourth-order valence-corrected chi connectivity index (χ4v) is 2.95. The van der Waals surface area contributed by atoms with Crippen LogP contribution in [0.2, 0.25) is 0 Å². The molecule has 0 fully saturated rings. The Kier molecular flexibility index (Phi) is 5.85. The molecule has 0 spiro atoms. The van der Waals surface area contributed by atoms with Gasteiger partial charge in [0.25, 0.3) is 5.91 Å². The number of thiazole rings is 1. The van der Waals surface area contributed by atoms with E-state index < -0.39 is 0 Å². The van der Waals surface area contributed by atoms with Crippen LogP contribution in [-0.4, -0.2) is 23.0 Å². The first-order valence-corrected chi connectivity index (χ1v) is 8.60. The second-order valence-corrected chi connectivity index (χ2v) is 6.59. The smallest absolute Gasteiger partial charge is 0.270 e. The highest BCUT2D eigenvalue weighted by Crippen LogP contribution is 2.17. The lowest BCUT2D eigenvalue weighted by molar-refractivity contribution is 0.0937. The Morgan fingerprint density at radius 3 is 2.70 bits per heavy atom. The predicted octanol–water partition coefficient (Wildman–Crippen LogP) is 3.12. The molecule has 6 heteroatoms. The monoisotopic (exact) mass is 335 g/mol. The van der Waals surface area contributed by atoms with Gasteiger partial charge in [-0.05, 0) is 24.5 Å². The maximum atomic E-state index is 13.7. The minimum Gasteiger partial charge on any atom is -0.349 e. The summed E-state index contributed by atoms with van der Waals surface area (Å²) in [6.45, 7) is 4.43. The number of halogens is 1. The Hall–Kier alpha value is -1.79. The van der Waals surface area contributed by atoms with Gasteiger partial charge in [0.2, 0.25) is 0 Å². The average molecular weight is 335 g/mol. The summed E-state index contributed by atoms with van der Waals surface area (Å²) in [6.07, 6.45) is 1.97. The Bertz CT molecular complexity index is 667. The third-order valence-electron chi connectivity index (χ3n) is 4.09. The zero-order chi connectivity index (χ0) is 16.9. The SMILES string of the molecule is CCC(N)(CC)CNC(=O)c1csc(Cc2ccccc2F)n1. The van der Waals surface area contributed by atoms with Crippen molar-refractivity contribution in [2.24, 2.45) is 5.73 Å². The molecule has 4 nitrogen and oxygen atoms in total. The van der Waals surface area contributed by atoms with Crippen LogP contribution in [0.1, 0.15) is 47.7 Å². The van der Waals surface area contributed by atoms with Crippen LogP contribution in [-0.2, 0) is 6.42 Å². The Morgan fingerprint density at radius 1 is 1.35 bits per heavy atom. The molecule has 1 aromatic carbocycles. The fourth-order valence-electron chi connectivity index (χ4n) is 2.15. The van der Waals surface area contributed by atoms with Gasteiger partial charge in [-0.3, -0.25) is 4.79 Å². The molecule has 0 saturated carbocycles. The third kappa shape index (κ3) is 4.59. The van der Waals surface area contributed by atoms with E-state index in [1.807, 2.05) is 13.8 Å². The number of rotatable bonds is 7. The predicted molar refractivity (Wildman–Crippen MR) is 91.2 cm³/mol. The van der Waals surface area contributed by atoms with Crippen molar-refractivity contribution in [1.82, 2.24) is 10.3 Å². The van der Waals surface area contributed by atoms with Crippen LogP contribution < -0.4 is 11.1 Å². The molecule has 2 rings (SSSR count). The number of nitrogens with two attached hydrogens (primary N) is 1. The first-order chi connectivity index (χ1) is 11.0. The molecule has 23 heavy (non-hydrogen) atoms. The number of carbonyl (C=O) groups is 1. The quantitative estimate of drug-likeness (QED) is 0.817. The summed E-state index contributed by atoms with van der Waals surface area (Å²) in [6, 6.07) is 6.59. The maximum Gasteiger partial charge on any atom is 0.270 e. The number of carbonyl (C=O) groups excluding carboxylic acids is 1. The van der Waals surface area contributed by atoms with Crippen molar-refractivity contribution in [3.05, 3.63) is 51.7 Å². The zero-order valence-electron chi connectivity index (χ0n) is 13.4. The largest absolute Gasteiger partial charge is 0.349 e. The molecule has 1 aromatic heterocycles. The lowest BCUT2D eigenvalue weighted by Crippen LogP contribution is -2.49. The van der Waals surface area contributed by atoms with Crippen LogP contribution in [0.15, 0.2) is 29.6 Å². The van der Waals surface area contributed by atoms with Gasteiger partial charge >= 0.3 is 0 Å². The molecule has 124 valence electrons. The van der Waals surface area contributed by atoms with Crippen LogP contribution in [0, 0.1) is 5.82 Å². The van der Waals surface area contributed by atoms with E-state index in [0.29, 0.717) is 29.2 Å². The first kappa shape index (κ1) is 17.6. The maximum absolute atomic E-state index is 13.7. The van der Waals surface area contributed by atoms with Crippen molar-refractivity contribution >= 4 is 17.2 Å². The standard InChI is InChI=1S/C17H22FN3OS/c1-3-17(19,4-2)11-20-16(22)14-10-23-15(21-14)9-12-7-5-6-8-13(12)18/h5-8,10H,3-4,9,11,19H2,1-2H3,(H,20,22). The van der Waals surface area contributed by atoms with Crippen LogP contribution in [0.3, 0.4) is 0 Å². The highest BCUT2D eigenvalue weighted by molar-refractivity contribution is 7.09. The minimum atomic E-state index is -0.387. The highest BCUT2D eigenvalue weighted by Gasteiger charge is 2.22. The van der Waals surface area contributed by atoms with Crippen LogP contribution in [0.4, 0.5) is 4.39 Å². The second-order valence-electron chi connectivity index (χ2n) is 5.65. The van der Waals surface area contributed by atoms with Crippen molar-refractivity contribution in [1.29, 1.82) is 0 Å². The molecule has 0 bridgehead atoms. The minimum absolute atomic E-state index is 0.238. The molecular weight excluding hydrogens is 313 g/mol. The number of nitrogens with zero attached hydrogens (tertiary/aromatic N) is 1. The summed E-state index contributed by atoms with van der Waals surface area (Å²) in [7, 11) is 0. The molecule has 0 aliphatic rings. The second kappa shape index (κ2) is 7.66. The number of hydrogen-bond donors (Lipinski definition) is 2. The summed E-state index contributed by atoms with van der Waals surface area (Å²) in [4.78, 5) is 16.5. The van der Waals surface area contributed by atoms with E-state index in [9.17, 15) is 9.18 Å². The number of hydrogen-bond acceptors (Lipinski definition) is 4.